The molecule has 1 nitrogen and oxygen atoms in total. The Balaban J connectivity index is 1.69. The highest BCUT2D eigenvalue weighted by Crippen LogP contribution is 2.33. The lowest BCUT2D eigenvalue weighted by Gasteiger charge is -2.13. The fraction of sp³-hybridized carbons (Fsp3) is 0.286. The van der Waals surface area contributed by atoms with E-state index in [0.29, 0.717) is 6.04 Å². The Kier molecular flexibility index (Phi) is 3.76. The minimum atomic E-state index is 0.471. The molecule has 0 saturated carbocycles. The Labute approximate surface area is 124 Å². The van der Waals surface area contributed by atoms with Gasteiger partial charge in [0.2, 0.25) is 0 Å². The number of hydrogen-bond donors (Lipinski definition) is 1. The summed E-state index contributed by atoms with van der Waals surface area (Å²) in [6.45, 7) is 0.934. The van der Waals surface area contributed by atoms with Crippen LogP contribution in [0, 0.1) is 0 Å². The summed E-state index contributed by atoms with van der Waals surface area (Å²) in [5.74, 6) is 0. The summed E-state index contributed by atoms with van der Waals surface area (Å²) in [4.78, 5) is 1.37. The first-order valence-corrected chi connectivity index (χ1v) is 7.97. The van der Waals surface area contributed by atoms with Gasteiger partial charge in [-0.2, -0.15) is 0 Å². The zero-order valence-corrected chi connectivity index (χ0v) is 12.9. The SMILES string of the molecule is Clc1ccc2c(c1)CCC2NCc1ccc(Br)s1. The summed E-state index contributed by atoms with van der Waals surface area (Å²) in [5.41, 5.74) is 2.81. The Morgan fingerprint density at radius 1 is 1.33 bits per heavy atom. The van der Waals surface area contributed by atoms with Gasteiger partial charge in [0.05, 0.1) is 3.79 Å². The van der Waals surface area contributed by atoms with Crippen LogP contribution in [0.5, 0.6) is 0 Å². The third-order valence-electron chi connectivity index (χ3n) is 3.33. The molecule has 1 aliphatic rings. The van der Waals surface area contributed by atoms with Crippen LogP contribution >= 0.6 is 38.9 Å². The van der Waals surface area contributed by atoms with Crippen molar-refractivity contribution in [3.8, 4) is 0 Å². The molecule has 0 fully saturated rings. The monoisotopic (exact) mass is 341 g/mol. The molecule has 4 heteroatoms. The second-order valence-corrected chi connectivity index (χ2v) is 7.51. The van der Waals surface area contributed by atoms with Gasteiger partial charge in [-0.3, -0.25) is 0 Å². The Hall–Kier alpha value is -0.350. The maximum Gasteiger partial charge on any atom is 0.0701 e. The molecule has 18 heavy (non-hydrogen) atoms. The Bertz CT molecular complexity index is 567. The minimum absolute atomic E-state index is 0.471. The van der Waals surface area contributed by atoms with Crippen LogP contribution in [0.25, 0.3) is 0 Å². The second-order valence-electron chi connectivity index (χ2n) is 4.52. The van der Waals surface area contributed by atoms with Gasteiger partial charge in [-0.05, 0) is 64.2 Å². The quantitative estimate of drug-likeness (QED) is 0.833. The van der Waals surface area contributed by atoms with E-state index in [1.165, 1.54) is 26.2 Å². The predicted molar refractivity (Wildman–Crippen MR) is 81.4 cm³/mol. The molecule has 94 valence electrons. The zero-order chi connectivity index (χ0) is 12.5. The molecular weight excluding hydrogens is 330 g/mol. The van der Waals surface area contributed by atoms with Gasteiger partial charge in [-0.1, -0.05) is 17.7 Å². The lowest BCUT2D eigenvalue weighted by Crippen LogP contribution is -2.17. The number of fused-ring (bicyclic) bond motifs is 1. The molecule has 0 spiro atoms. The fourth-order valence-electron chi connectivity index (χ4n) is 2.47. The molecule has 1 heterocycles. The van der Waals surface area contributed by atoms with Gasteiger partial charge < -0.3 is 5.32 Å². The number of benzene rings is 1. The fourth-order valence-corrected chi connectivity index (χ4v) is 4.10. The number of rotatable bonds is 3. The summed E-state index contributed by atoms with van der Waals surface area (Å²) in [7, 11) is 0. The largest absolute Gasteiger partial charge is 0.305 e. The summed E-state index contributed by atoms with van der Waals surface area (Å²) in [5, 5.41) is 4.48. The molecule has 1 aromatic heterocycles. The maximum absolute atomic E-state index is 6.02. The normalized spacial score (nSPS) is 18.0. The number of halogens is 2. The number of aryl methyl sites for hydroxylation is 1. The van der Waals surface area contributed by atoms with E-state index in [2.05, 4.69) is 45.5 Å². The molecule has 3 rings (SSSR count). The molecule has 1 N–H and O–H groups in total. The Morgan fingerprint density at radius 2 is 2.22 bits per heavy atom. The van der Waals surface area contributed by atoms with Crippen molar-refractivity contribution in [2.24, 2.45) is 0 Å². The van der Waals surface area contributed by atoms with E-state index in [-0.39, 0.29) is 0 Å². The minimum Gasteiger partial charge on any atom is -0.305 e. The number of thiophene rings is 1. The van der Waals surface area contributed by atoms with E-state index in [1.807, 2.05) is 6.07 Å². The molecule has 1 aliphatic carbocycles. The average Bonchev–Trinajstić information content (AvgIpc) is 2.92. The molecule has 0 bridgehead atoms. The molecule has 1 unspecified atom stereocenters. The summed E-state index contributed by atoms with van der Waals surface area (Å²) < 4.78 is 1.19. The van der Waals surface area contributed by atoms with Crippen LogP contribution in [-0.4, -0.2) is 0 Å². The molecule has 0 aliphatic heterocycles. The first-order chi connectivity index (χ1) is 8.72. The van der Waals surface area contributed by atoms with Gasteiger partial charge in [0.15, 0.2) is 0 Å². The zero-order valence-electron chi connectivity index (χ0n) is 9.75. The van der Waals surface area contributed by atoms with E-state index in [1.54, 1.807) is 11.3 Å². The third-order valence-corrected chi connectivity index (χ3v) is 5.19. The molecule has 1 aromatic carbocycles. The molecule has 0 radical (unpaired) electrons. The van der Waals surface area contributed by atoms with Crippen molar-refractivity contribution in [3.63, 3.8) is 0 Å². The van der Waals surface area contributed by atoms with Crippen molar-refractivity contribution in [1.82, 2.24) is 5.32 Å². The predicted octanol–water partition coefficient (Wildman–Crippen LogP) is 4.94. The molecule has 0 saturated heterocycles. The average molecular weight is 343 g/mol. The first-order valence-electron chi connectivity index (χ1n) is 5.98. The smallest absolute Gasteiger partial charge is 0.0701 e. The van der Waals surface area contributed by atoms with Crippen LogP contribution in [0.15, 0.2) is 34.1 Å². The highest BCUT2D eigenvalue weighted by Gasteiger charge is 2.21. The van der Waals surface area contributed by atoms with Crippen molar-refractivity contribution in [2.45, 2.75) is 25.4 Å². The van der Waals surface area contributed by atoms with Crippen LogP contribution < -0.4 is 5.32 Å². The van der Waals surface area contributed by atoms with E-state index in [4.69, 9.17) is 11.6 Å². The number of nitrogens with one attached hydrogen (secondary N) is 1. The van der Waals surface area contributed by atoms with E-state index in [9.17, 15) is 0 Å². The van der Waals surface area contributed by atoms with Gasteiger partial charge in [-0.15, -0.1) is 11.3 Å². The number of hydrogen-bond acceptors (Lipinski definition) is 2. The Morgan fingerprint density at radius 3 is 3.00 bits per heavy atom. The van der Waals surface area contributed by atoms with Gasteiger partial charge >= 0.3 is 0 Å². The van der Waals surface area contributed by atoms with Crippen molar-refractivity contribution in [1.29, 1.82) is 0 Å². The molecule has 2 aromatic rings. The lowest BCUT2D eigenvalue weighted by atomic mass is 10.1. The van der Waals surface area contributed by atoms with Crippen LogP contribution in [0.1, 0.15) is 28.5 Å². The van der Waals surface area contributed by atoms with Crippen molar-refractivity contribution >= 4 is 38.9 Å². The van der Waals surface area contributed by atoms with Gasteiger partial charge in [0.25, 0.3) is 0 Å². The van der Waals surface area contributed by atoms with Crippen LogP contribution in [0.3, 0.4) is 0 Å². The summed E-state index contributed by atoms with van der Waals surface area (Å²) in [6.07, 6.45) is 2.30. The van der Waals surface area contributed by atoms with Crippen molar-refractivity contribution in [3.05, 3.63) is 55.1 Å². The molecule has 1 atom stereocenters. The third kappa shape index (κ3) is 2.64. The van der Waals surface area contributed by atoms with E-state index in [0.717, 1.165) is 18.0 Å². The van der Waals surface area contributed by atoms with E-state index < -0.39 is 0 Å². The second kappa shape index (κ2) is 5.33. The van der Waals surface area contributed by atoms with Gasteiger partial charge in [-0.25, -0.2) is 0 Å². The summed E-state index contributed by atoms with van der Waals surface area (Å²) >= 11 is 11.3. The topological polar surface area (TPSA) is 12.0 Å². The highest BCUT2D eigenvalue weighted by molar-refractivity contribution is 9.11. The van der Waals surface area contributed by atoms with Crippen LogP contribution in [-0.2, 0) is 13.0 Å². The van der Waals surface area contributed by atoms with Gasteiger partial charge in [0.1, 0.15) is 0 Å². The van der Waals surface area contributed by atoms with Crippen LogP contribution in [0.4, 0.5) is 0 Å². The van der Waals surface area contributed by atoms with Crippen LogP contribution in [0.2, 0.25) is 5.02 Å². The molecule has 0 amide bonds. The standard InChI is InChI=1S/C14H13BrClNS/c15-14-6-3-11(18-14)8-17-13-5-1-9-7-10(16)2-4-12(9)13/h2-4,6-7,13,17H,1,5,8H2. The lowest BCUT2D eigenvalue weighted by molar-refractivity contribution is 0.533. The molecular formula is C14H13BrClNS. The van der Waals surface area contributed by atoms with Crippen molar-refractivity contribution in [2.75, 3.05) is 0 Å². The summed E-state index contributed by atoms with van der Waals surface area (Å²) in [6, 6.07) is 11.0. The van der Waals surface area contributed by atoms with Crippen molar-refractivity contribution < 1.29 is 0 Å². The maximum atomic E-state index is 6.02. The highest BCUT2D eigenvalue weighted by atomic mass is 79.9. The van der Waals surface area contributed by atoms with Gasteiger partial charge in [0, 0.05) is 22.5 Å². The van der Waals surface area contributed by atoms with E-state index >= 15 is 0 Å². The first kappa shape index (κ1) is 12.7.